The van der Waals surface area contributed by atoms with Gasteiger partial charge in [-0.1, -0.05) is 30.3 Å². The number of nitrogen functional groups attached to an aromatic ring is 1. The van der Waals surface area contributed by atoms with Gasteiger partial charge in [0.2, 0.25) is 5.91 Å². The van der Waals surface area contributed by atoms with E-state index < -0.39 is 9.84 Å². The fourth-order valence-corrected chi connectivity index (χ4v) is 6.61. The van der Waals surface area contributed by atoms with Gasteiger partial charge in [-0.2, -0.15) is 0 Å². The van der Waals surface area contributed by atoms with E-state index in [0.29, 0.717) is 31.1 Å². The molecule has 0 saturated carbocycles. The number of anilines is 1. The summed E-state index contributed by atoms with van der Waals surface area (Å²) in [4.78, 5) is 19.5. The fourth-order valence-electron chi connectivity index (χ4n) is 4.46. The van der Waals surface area contributed by atoms with Gasteiger partial charge < -0.3 is 10.6 Å². The molecule has 1 amide bonds. The quantitative estimate of drug-likeness (QED) is 0.825. The molecule has 8 heteroatoms. The first-order chi connectivity index (χ1) is 13.4. The van der Waals surface area contributed by atoms with Crippen LogP contribution in [0.15, 0.2) is 35.7 Å². The van der Waals surface area contributed by atoms with Gasteiger partial charge in [0, 0.05) is 29.8 Å². The van der Waals surface area contributed by atoms with Crippen molar-refractivity contribution < 1.29 is 13.2 Å². The number of amides is 1. The molecule has 150 valence electrons. The largest absolute Gasteiger partial charge is 0.375 e. The topological polar surface area (TPSA) is 93.4 Å². The minimum Gasteiger partial charge on any atom is -0.375 e. The molecule has 2 N–H and O–H groups in total. The fraction of sp³-hybridized carbons (Fsp3) is 0.500. The number of piperidine rings is 1. The second kappa shape index (κ2) is 7.48. The van der Waals surface area contributed by atoms with Crippen LogP contribution in [0.2, 0.25) is 0 Å². The van der Waals surface area contributed by atoms with Gasteiger partial charge in [0.15, 0.2) is 5.13 Å². The minimum atomic E-state index is -2.96. The van der Waals surface area contributed by atoms with E-state index in [4.69, 9.17) is 5.73 Å². The van der Waals surface area contributed by atoms with Crippen LogP contribution < -0.4 is 5.73 Å². The monoisotopic (exact) mass is 419 g/mol. The number of thiazole rings is 1. The van der Waals surface area contributed by atoms with E-state index in [-0.39, 0.29) is 28.7 Å². The van der Waals surface area contributed by atoms with Gasteiger partial charge >= 0.3 is 0 Å². The van der Waals surface area contributed by atoms with Crippen molar-refractivity contribution in [3.8, 4) is 0 Å². The second-order valence-electron chi connectivity index (χ2n) is 7.77. The highest BCUT2D eigenvalue weighted by atomic mass is 32.2. The summed E-state index contributed by atoms with van der Waals surface area (Å²) >= 11 is 1.45. The molecule has 3 heterocycles. The lowest BCUT2D eigenvalue weighted by molar-refractivity contribution is -0.137. The molecule has 2 aliphatic heterocycles. The molecule has 2 fully saturated rings. The summed E-state index contributed by atoms with van der Waals surface area (Å²) in [5.74, 6) is 0.198. The van der Waals surface area contributed by atoms with Crippen molar-refractivity contribution in [2.75, 3.05) is 30.3 Å². The molecule has 2 aliphatic rings. The van der Waals surface area contributed by atoms with Gasteiger partial charge in [-0.05, 0) is 31.2 Å². The molecule has 0 radical (unpaired) electrons. The number of hydrogen-bond donors (Lipinski definition) is 1. The first kappa shape index (κ1) is 19.4. The van der Waals surface area contributed by atoms with Crippen molar-refractivity contribution in [1.29, 1.82) is 0 Å². The Labute approximate surface area is 169 Å². The average Bonchev–Trinajstić information content (AvgIpc) is 3.15. The summed E-state index contributed by atoms with van der Waals surface area (Å²) < 4.78 is 23.3. The molecule has 28 heavy (non-hydrogen) atoms. The van der Waals surface area contributed by atoms with Gasteiger partial charge in [0.05, 0.1) is 17.2 Å². The zero-order valence-electron chi connectivity index (χ0n) is 15.7. The lowest BCUT2D eigenvalue weighted by Crippen LogP contribution is -2.48. The summed E-state index contributed by atoms with van der Waals surface area (Å²) in [6.07, 6.45) is 2.47. The summed E-state index contributed by atoms with van der Waals surface area (Å²) in [6, 6.07) is 10.3. The molecule has 2 saturated heterocycles. The summed E-state index contributed by atoms with van der Waals surface area (Å²) in [5, 5.41) is 2.60. The number of nitrogens with zero attached hydrogens (tertiary/aromatic N) is 2. The Balaban J connectivity index is 1.52. The molecule has 2 aromatic rings. The van der Waals surface area contributed by atoms with Crippen LogP contribution in [-0.2, 0) is 20.0 Å². The number of benzene rings is 1. The van der Waals surface area contributed by atoms with Crippen molar-refractivity contribution in [3.05, 3.63) is 47.0 Å². The van der Waals surface area contributed by atoms with Crippen molar-refractivity contribution >= 4 is 32.2 Å². The third-order valence-electron chi connectivity index (χ3n) is 6.17. The third kappa shape index (κ3) is 3.67. The van der Waals surface area contributed by atoms with Gasteiger partial charge in [0.25, 0.3) is 0 Å². The van der Waals surface area contributed by atoms with Crippen molar-refractivity contribution in [1.82, 2.24) is 9.88 Å². The number of carbonyl (C=O) groups excluding carboxylic acids is 1. The number of nitrogens with two attached hydrogens (primary N) is 1. The Hall–Kier alpha value is -1.93. The van der Waals surface area contributed by atoms with E-state index in [0.717, 1.165) is 18.5 Å². The molecule has 0 atom stereocenters. The first-order valence-corrected chi connectivity index (χ1v) is 12.4. The maximum absolute atomic E-state index is 12.9. The SMILES string of the molecule is Nc1nc(C2(c3ccccc3)CCN(C(=O)C3CCS(=O)(=O)CC3)CC2)cs1. The number of rotatable bonds is 3. The summed E-state index contributed by atoms with van der Waals surface area (Å²) in [7, 11) is -2.96. The lowest BCUT2D eigenvalue weighted by atomic mass is 9.70. The Bertz CT molecular complexity index is 934. The maximum Gasteiger partial charge on any atom is 0.225 e. The third-order valence-corrected chi connectivity index (χ3v) is 8.56. The highest BCUT2D eigenvalue weighted by Crippen LogP contribution is 2.42. The zero-order chi connectivity index (χ0) is 19.8. The predicted molar refractivity (Wildman–Crippen MR) is 111 cm³/mol. The van der Waals surface area contributed by atoms with Gasteiger partial charge in [-0.25, -0.2) is 13.4 Å². The Morgan fingerprint density at radius 1 is 1.14 bits per heavy atom. The number of aromatic nitrogens is 1. The van der Waals surface area contributed by atoms with Gasteiger partial charge in [-0.3, -0.25) is 4.79 Å². The van der Waals surface area contributed by atoms with E-state index >= 15 is 0 Å². The zero-order valence-corrected chi connectivity index (χ0v) is 17.3. The number of sulfone groups is 1. The molecule has 0 spiro atoms. The van der Waals surface area contributed by atoms with Gasteiger partial charge in [0.1, 0.15) is 9.84 Å². The highest BCUT2D eigenvalue weighted by Gasteiger charge is 2.42. The van der Waals surface area contributed by atoms with Crippen LogP contribution in [0.25, 0.3) is 0 Å². The predicted octanol–water partition coefficient (Wildman–Crippen LogP) is 2.46. The van der Waals surface area contributed by atoms with Crippen molar-refractivity contribution in [2.45, 2.75) is 31.1 Å². The Morgan fingerprint density at radius 3 is 2.36 bits per heavy atom. The van der Waals surface area contributed by atoms with Gasteiger partial charge in [-0.15, -0.1) is 11.3 Å². The van der Waals surface area contributed by atoms with Crippen LogP contribution in [0.1, 0.15) is 36.9 Å². The van der Waals surface area contributed by atoms with Crippen LogP contribution in [0.3, 0.4) is 0 Å². The second-order valence-corrected chi connectivity index (χ2v) is 11.0. The Kier molecular flexibility index (Phi) is 5.18. The average molecular weight is 420 g/mol. The molecular formula is C20H25N3O3S2. The molecule has 1 aromatic carbocycles. The van der Waals surface area contributed by atoms with E-state index in [1.807, 2.05) is 28.5 Å². The number of likely N-dealkylation sites (tertiary alicyclic amines) is 1. The molecular weight excluding hydrogens is 394 g/mol. The van der Waals surface area contributed by atoms with E-state index in [1.165, 1.54) is 16.9 Å². The molecule has 0 unspecified atom stereocenters. The minimum absolute atomic E-state index is 0.106. The van der Waals surface area contributed by atoms with Crippen LogP contribution in [0, 0.1) is 5.92 Å². The first-order valence-electron chi connectivity index (χ1n) is 9.66. The number of hydrogen-bond acceptors (Lipinski definition) is 6. The summed E-state index contributed by atoms with van der Waals surface area (Å²) in [6.45, 7) is 1.29. The van der Waals surface area contributed by atoms with Crippen LogP contribution >= 0.6 is 11.3 Å². The van der Waals surface area contributed by atoms with Crippen LogP contribution in [0.4, 0.5) is 5.13 Å². The van der Waals surface area contributed by atoms with E-state index in [9.17, 15) is 13.2 Å². The maximum atomic E-state index is 12.9. The smallest absolute Gasteiger partial charge is 0.225 e. The Morgan fingerprint density at radius 2 is 1.79 bits per heavy atom. The van der Waals surface area contributed by atoms with E-state index in [1.54, 1.807) is 0 Å². The van der Waals surface area contributed by atoms with Crippen LogP contribution in [0.5, 0.6) is 0 Å². The molecule has 6 nitrogen and oxygen atoms in total. The molecule has 0 aliphatic carbocycles. The van der Waals surface area contributed by atoms with Crippen molar-refractivity contribution in [3.63, 3.8) is 0 Å². The summed E-state index contributed by atoms with van der Waals surface area (Å²) in [5.41, 5.74) is 7.87. The molecule has 0 bridgehead atoms. The molecule has 4 rings (SSSR count). The van der Waals surface area contributed by atoms with Crippen LogP contribution in [-0.4, -0.2) is 48.8 Å². The lowest BCUT2D eigenvalue weighted by Gasteiger charge is -2.42. The van der Waals surface area contributed by atoms with E-state index in [2.05, 4.69) is 17.1 Å². The number of carbonyl (C=O) groups is 1. The normalized spacial score (nSPS) is 22.1. The highest BCUT2D eigenvalue weighted by molar-refractivity contribution is 7.91. The van der Waals surface area contributed by atoms with Crippen molar-refractivity contribution in [2.24, 2.45) is 5.92 Å². The molecule has 1 aromatic heterocycles. The standard InChI is InChI=1S/C20H25N3O3S2/c21-19-22-17(14-27-19)20(16-4-2-1-3-5-16)8-10-23(11-9-20)18(24)15-6-12-28(25,26)13-7-15/h1-5,14-15H,6-13H2,(H2,21,22).